The van der Waals surface area contributed by atoms with Crippen LogP contribution in [0.15, 0.2) is 59.6 Å². The fourth-order valence-corrected chi connectivity index (χ4v) is 4.86. The van der Waals surface area contributed by atoms with E-state index in [4.69, 9.17) is 0 Å². The molecule has 1 saturated heterocycles. The Bertz CT molecular complexity index is 971. The third-order valence-corrected chi connectivity index (χ3v) is 6.67. The van der Waals surface area contributed by atoms with Crippen molar-refractivity contribution in [2.75, 3.05) is 13.1 Å². The smallest absolute Gasteiger partial charge is 0.243 e. The van der Waals surface area contributed by atoms with Gasteiger partial charge in [0.25, 0.3) is 0 Å². The van der Waals surface area contributed by atoms with Gasteiger partial charge in [-0.15, -0.1) is 0 Å². The van der Waals surface area contributed by atoms with Crippen LogP contribution in [0.2, 0.25) is 0 Å². The Kier molecular flexibility index (Phi) is 4.31. The Morgan fingerprint density at radius 1 is 0.920 bits per heavy atom. The summed E-state index contributed by atoms with van der Waals surface area (Å²) in [6, 6.07) is 15.3. The number of rotatable bonds is 4. The summed E-state index contributed by atoms with van der Waals surface area (Å²) < 4.78 is 28.9. The Hall–Kier alpha value is -2.18. The first-order valence-corrected chi connectivity index (χ1v) is 10.1. The minimum absolute atomic E-state index is 0.378. The second-order valence-corrected chi connectivity index (χ2v) is 8.41. The van der Waals surface area contributed by atoms with E-state index in [1.54, 1.807) is 16.4 Å². The SMILES string of the molecule is O=S(=O)(c1ccc(Cn2ncc3ccccc32)cc1)N1CCCCC1. The molecule has 0 bridgehead atoms. The third kappa shape index (κ3) is 3.19. The predicted molar refractivity (Wildman–Crippen MR) is 97.9 cm³/mol. The van der Waals surface area contributed by atoms with Gasteiger partial charge < -0.3 is 0 Å². The van der Waals surface area contributed by atoms with E-state index in [-0.39, 0.29) is 0 Å². The van der Waals surface area contributed by atoms with Gasteiger partial charge in [-0.25, -0.2) is 8.42 Å². The van der Waals surface area contributed by atoms with Gasteiger partial charge in [0, 0.05) is 18.5 Å². The summed E-state index contributed by atoms with van der Waals surface area (Å²) in [4.78, 5) is 0.378. The summed E-state index contributed by atoms with van der Waals surface area (Å²) in [5.41, 5.74) is 2.11. The lowest BCUT2D eigenvalue weighted by Gasteiger charge is -2.25. The van der Waals surface area contributed by atoms with Gasteiger partial charge in [-0.05, 0) is 36.6 Å². The van der Waals surface area contributed by atoms with Crippen molar-refractivity contribution in [3.05, 3.63) is 60.3 Å². The fourth-order valence-electron chi connectivity index (χ4n) is 3.35. The average Bonchev–Trinajstić information content (AvgIpc) is 3.06. The molecule has 4 rings (SSSR count). The molecular formula is C19H21N3O2S. The second-order valence-electron chi connectivity index (χ2n) is 6.47. The molecule has 1 aromatic heterocycles. The molecule has 2 heterocycles. The van der Waals surface area contributed by atoms with E-state index in [0.717, 1.165) is 35.7 Å². The Balaban J connectivity index is 1.56. The Labute approximate surface area is 147 Å². The van der Waals surface area contributed by atoms with Crippen molar-refractivity contribution >= 4 is 20.9 Å². The molecule has 5 nitrogen and oxygen atoms in total. The molecule has 1 aliphatic rings. The zero-order chi connectivity index (χ0) is 17.3. The molecule has 0 aliphatic carbocycles. The minimum Gasteiger partial charge on any atom is -0.260 e. The molecule has 130 valence electrons. The first kappa shape index (κ1) is 16.3. The first-order chi connectivity index (χ1) is 12.1. The van der Waals surface area contributed by atoms with Gasteiger partial charge in [0.15, 0.2) is 0 Å². The molecule has 0 amide bonds. The van der Waals surface area contributed by atoms with Gasteiger partial charge in [0.05, 0.1) is 23.2 Å². The van der Waals surface area contributed by atoms with Crippen LogP contribution in [0.25, 0.3) is 10.9 Å². The summed E-state index contributed by atoms with van der Waals surface area (Å²) in [6.07, 6.45) is 4.86. The molecule has 2 aromatic carbocycles. The summed E-state index contributed by atoms with van der Waals surface area (Å²) in [6.45, 7) is 1.88. The maximum absolute atomic E-state index is 12.7. The summed E-state index contributed by atoms with van der Waals surface area (Å²) in [5, 5.41) is 5.53. The molecule has 1 aliphatic heterocycles. The predicted octanol–water partition coefficient (Wildman–Crippen LogP) is 3.26. The first-order valence-electron chi connectivity index (χ1n) is 8.64. The lowest BCUT2D eigenvalue weighted by Crippen LogP contribution is -2.35. The number of benzene rings is 2. The van der Waals surface area contributed by atoms with E-state index in [1.165, 1.54) is 0 Å². The molecule has 0 atom stereocenters. The van der Waals surface area contributed by atoms with Crippen LogP contribution in [0.4, 0.5) is 0 Å². The topological polar surface area (TPSA) is 55.2 Å². The van der Waals surface area contributed by atoms with E-state index in [1.807, 2.05) is 47.3 Å². The van der Waals surface area contributed by atoms with E-state index in [2.05, 4.69) is 5.10 Å². The van der Waals surface area contributed by atoms with E-state index >= 15 is 0 Å². The van der Waals surface area contributed by atoms with E-state index in [0.29, 0.717) is 24.5 Å². The van der Waals surface area contributed by atoms with Gasteiger partial charge in [-0.2, -0.15) is 9.40 Å². The Morgan fingerprint density at radius 3 is 2.40 bits per heavy atom. The van der Waals surface area contributed by atoms with Crippen LogP contribution < -0.4 is 0 Å². The number of hydrogen-bond donors (Lipinski definition) is 0. The molecular weight excluding hydrogens is 334 g/mol. The summed E-state index contributed by atoms with van der Waals surface area (Å²) in [7, 11) is -3.36. The highest BCUT2D eigenvalue weighted by atomic mass is 32.2. The van der Waals surface area contributed by atoms with E-state index < -0.39 is 10.0 Å². The van der Waals surface area contributed by atoms with Crippen LogP contribution in [0.3, 0.4) is 0 Å². The van der Waals surface area contributed by atoms with Crippen LogP contribution >= 0.6 is 0 Å². The number of sulfonamides is 1. The van der Waals surface area contributed by atoms with Crippen LogP contribution in [0.5, 0.6) is 0 Å². The van der Waals surface area contributed by atoms with Crippen molar-refractivity contribution in [3.8, 4) is 0 Å². The third-order valence-electron chi connectivity index (χ3n) is 4.76. The number of piperidine rings is 1. The summed E-state index contributed by atoms with van der Waals surface area (Å²) in [5.74, 6) is 0. The van der Waals surface area contributed by atoms with Gasteiger partial charge in [-0.3, -0.25) is 4.68 Å². The zero-order valence-electron chi connectivity index (χ0n) is 14.0. The zero-order valence-corrected chi connectivity index (χ0v) is 14.8. The standard InChI is InChI=1S/C19H21N3O2S/c23-25(24,21-12-4-1-5-13-21)18-10-8-16(9-11-18)15-22-19-7-3-2-6-17(19)14-20-22/h2-3,6-11,14H,1,4-5,12-13,15H2. The molecule has 0 saturated carbocycles. The fraction of sp³-hybridized carbons (Fsp3) is 0.316. The number of hydrogen-bond acceptors (Lipinski definition) is 3. The van der Waals surface area contributed by atoms with Gasteiger partial charge >= 0.3 is 0 Å². The van der Waals surface area contributed by atoms with Gasteiger partial charge in [0.2, 0.25) is 10.0 Å². The van der Waals surface area contributed by atoms with Crippen molar-refractivity contribution < 1.29 is 8.42 Å². The molecule has 0 radical (unpaired) electrons. The monoisotopic (exact) mass is 355 g/mol. The highest BCUT2D eigenvalue weighted by Gasteiger charge is 2.25. The maximum Gasteiger partial charge on any atom is 0.243 e. The molecule has 3 aromatic rings. The number of nitrogens with zero attached hydrogens (tertiary/aromatic N) is 3. The van der Waals surface area contributed by atoms with Gasteiger partial charge in [0.1, 0.15) is 0 Å². The molecule has 1 fully saturated rings. The number of fused-ring (bicyclic) bond motifs is 1. The largest absolute Gasteiger partial charge is 0.260 e. The lowest BCUT2D eigenvalue weighted by molar-refractivity contribution is 0.346. The van der Waals surface area contributed by atoms with Crippen molar-refractivity contribution in [1.82, 2.24) is 14.1 Å². The second kappa shape index (κ2) is 6.61. The average molecular weight is 355 g/mol. The molecule has 25 heavy (non-hydrogen) atoms. The van der Waals surface area contributed by atoms with Crippen molar-refractivity contribution in [1.29, 1.82) is 0 Å². The van der Waals surface area contributed by atoms with Crippen molar-refractivity contribution in [3.63, 3.8) is 0 Å². The lowest BCUT2D eigenvalue weighted by atomic mass is 10.2. The van der Waals surface area contributed by atoms with Crippen molar-refractivity contribution in [2.45, 2.75) is 30.7 Å². The minimum atomic E-state index is -3.36. The maximum atomic E-state index is 12.7. The van der Waals surface area contributed by atoms with Crippen LogP contribution in [0, 0.1) is 0 Å². The number of aromatic nitrogens is 2. The molecule has 6 heteroatoms. The molecule has 0 N–H and O–H groups in total. The van der Waals surface area contributed by atoms with E-state index in [9.17, 15) is 8.42 Å². The Morgan fingerprint density at radius 2 is 1.64 bits per heavy atom. The van der Waals surface area contributed by atoms with Crippen LogP contribution in [-0.4, -0.2) is 35.6 Å². The highest BCUT2D eigenvalue weighted by Crippen LogP contribution is 2.21. The molecule has 0 spiro atoms. The quantitative estimate of drug-likeness (QED) is 0.722. The van der Waals surface area contributed by atoms with Crippen LogP contribution in [0.1, 0.15) is 24.8 Å². The van der Waals surface area contributed by atoms with Gasteiger partial charge in [-0.1, -0.05) is 36.8 Å². The highest BCUT2D eigenvalue weighted by molar-refractivity contribution is 7.89. The molecule has 0 unspecified atom stereocenters. The van der Waals surface area contributed by atoms with Crippen LogP contribution in [-0.2, 0) is 16.6 Å². The van der Waals surface area contributed by atoms with Crippen molar-refractivity contribution in [2.24, 2.45) is 0 Å². The number of para-hydroxylation sites is 1. The summed E-state index contributed by atoms with van der Waals surface area (Å²) >= 11 is 0. The normalized spacial score (nSPS) is 16.3.